The van der Waals surface area contributed by atoms with Crippen molar-refractivity contribution in [3.63, 3.8) is 0 Å². The van der Waals surface area contributed by atoms with Crippen LogP contribution in [0.4, 0.5) is 21.8 Å². The lowest BCUT2D eigenvalue weighted by molar-refractivity contribution is -0.00778. The van der Waals surface area contributed by atoms with Crippen molar-refractivity contribution in [2.75, 3.05) is 24.8 Å². The third-order valence-electron chi connectivity index (χ3n) is 6.04. The average molecular weight is 402 g/mol. The van der Waals surface area contributed by atoms with Crippen LogP contribution < -0.4 is 15.4 Å². The summed E-state index contributed by atoms with van der Waals surface area (Å²) in [4.78, 5) is 10.9. The monoisotopic (exact) mass is 401 g/mol. The summed E-state index contributed by atoms with van der Waals surface area (Å²) in [5.41, 5.74) is 1.83. The highest BCUT2D eigenvalue weighted by Crippen LogP contribution is 2.38. The molecular weight excluding hydrogens is 369 g/mol. The first-order valence-electron chi connectivity index (χ1n) is 9.96. The number of aromatic nitrogens is 2. The number of rotatable bonds is 5. The average Bonchev–Trinajstić information content (AvgIpc) is 2.62. The molecule has 29 heavy (non-hydrogen) atoms. The van der Waals surface area contributed by atoms with Crippen LogP contribution in [0.3, 0.4) is 0 Å². The van der Waals surface area contributed by atoms with Gasteiger partial charge >= 0.3 is 0 Å². The van der Waals surface area contributed by atoms with Crippen molar-refractivity contribution in [3.8, 4) is 5.75 Å². The molecule has 1 saturated heterocycles. The van der Waals surface area contributed by atoms with Crippen molar-refractivity contribution in [1.82, 2.24) is 14.9 Å². The fourth-order valence-corrected chi connectivity index (χ4v) is 4.28. The van der Waals surface area contributed by atoms with Crippen LogP contribution in [0.15, 0.2) is 24.4 Å². The molecule has 0 aliphatic carbocycles. The van der Waals surface area contributed by atoms with Crippen molar-refractivity contribution >= 4 is 17.5 Å². The lowest BCUT2D eigenvalue weighted by Crippen LogP contribution is -2.61. The molecule has 0 saturated carbocycles. The van der Waals surface area contributed by atoms with Crippen LogP contribution in [0.2, 0.25) is 0 Å². The zero-order valence-electron chi connectivity index (χ0n) is 18.4. The molecule has 1 aliphatic rings. The van der Waals surface area contributed by atoms with Gasteiger partial charge in [-0.25, -0.2) is 9.37 Å². The molecule has 2 aromatic rings. The largest absolute Gasteiger partial charge is 0.496 e. The molecule has 6 nitrogen and oxygen atoms in total. The topological polar surface area (TPSA) is 62.3 Å². The standard InChI is InChI=1S/C22H32FN5O/c1-14-10-15(8-9-18(14)29-7)26-20-24-13-17(23)19(27-20)25-16-11-21(2,3)28(6)22(4,5)12-16/h8-10,13,16H,11-12H2,1-7H3,(H2,24,25,26,27). The number of aryl methyl sites for hydroxylation is 1. The number of benzene rings is 1. The minimum absolute atomic E-state index is 0.00459. The Morgan fingerprint density at radius 1 is 1.17 bits per heavy atom. The van der Waals surface area contributed by atoms with Gasteiger partial charge in [0.2, 0.25) is 5.95 Å². The Bertz CT molecular complexity index is 866. The first-order valence-corrected chi connectivity index (χ1v) is 9.96. The molecule has 0 radical (unpaired) electrons. The molecule has 1 aromatic carbocycles. The molecule has 2 heterocycles. The number of ether oxygens (including phenoxy) is 1. The van der Waals surface area contributed by atoms with Gasteiger partial charge in [0, 0.05) is 22.8 Å². The smallest absolute Gasteiger partial charge is 0.229 e. The Morgan fingerprint density at radius 3 is 2.41 bits per heavy atom. The summed E-state index contributed by atoms with van der Waals surface area (Å²) in [6.45, 7) is 10.8. The van der Waals surface area contributed by atoms with E-state index in [1.54, 1.807) is 7.11 Å². The quantitative estimate of drug-likeness (QED) is 0.755. The molecule has 3 rings (SSSR count). The summed E-state index contributed by atoms with van der Waals surface area (Å²) in [7, 11) is 3.79. The molecule has 1 aliphatic heterocycles. The predicted molar refractivity (Wildman–Crippen MR) is 116 cm³/mol. The number of likely N-dealkylation sites (tertiary alicyclic amines) is 1. The van der Waals surface area contributed by atoms with Crippen LogP contribution in [-0.2, 0) is 0 Å². The molecule has 0 atom stereocenters. The van der Waals surface area contributed by atoms with Gasteiger partial charge in [0.15, 0.2) is 11.6 Å². The van der Waals surface area contributed by atoms with E-state index in [0.717, 1.165) is 29.8 Å². The van der Waals surface area contributed by atoms with Crippen molar-refractivity contribution in [3.05, 3.63) is 35.8 Å². The van der Waals surface area contributed by atoms with E-state index in [4.69, 9.17) is 4.74 Å². The summed E-state index contributed by atoms with van der Waals surface area (Å²) in [5, 5.41) is 6.47. The molecular formula is C22H32FN5O. The fraction of sp³-hybridized carbons (Fsp3) is 0.545. The first kappa shape index (κ1) is 21.3. The highest BCUT2D eigenvalue weighted by atomic mass is 19.1. The van der Waals surface area contributed by atoms with E-state index in [9.17, 15) is 4.39 Å². The number of piperidine rings is 1. The van der Waals surface area contributed by atoms with Crippen molar-refractivity contribution < 1.29 is 9.13 Å². The molecule has 158 valence electrons. The number of anilines is 3. The zero-order chi connectivity index (χ0) is 21.4. The lowest BCUT2D eigenvalue weighted by Gasteiger charge is -2.53. The van der Waals surface area contributed by atoms with E-state index in [0.29, 0.717) is 5.95 Å². The fourth-order valence-electron chi connectivity index (χ4n) is 4.28. The molecule has 0 bridgehead atoms. The third-order valence-corrected chi connectivity index (χ3v) is 6.04. The van der Waals surface area contributed by atoms with Gasteiger partial charge in [-0.3, -0.25) is 4.90 Å². The zero-order valence-corrected chi connectivity index (χ0v) is 18.4. The van der Waals surface area contributed by atoms with Gasteiger partial charge in [0.25, 0.3) is 0 Å². The molecule has 2 N–H and O–H groups in total. The van der Waals surface area contributed by atoms with Crippen molar-refractivity contribution in [2.45, 2.75) is 64.6 Å². The van der Waals surface area contributed by atoms with E-state index < -0.39 is 5.82 Å². The number of methoxy groups -OCH3 is 1. The maximum absolute atomic E-state index is 14.4. The molecule has 7 heteroatoms. The Hall–Kier alpha value is -2.41. The summed E-state index contributed by atoms with van der Waals surface area (Å²) < 4.78 is 19.7. The molecule has 1 aromatic heterocycles. The first-order chi connectivity index (χ1) is 13.5. The van der Waals surface area contributed by atoms with Gasteiger partial charge in [-0.15, -0.1) is 0 Å². The van der Waals surface area contributed by atoms with Crippen LogP contribution in [-0.4, -0.2) is 46.1 Å². The van der Waals surface area contributed by atoms with Gasteiger partial charge in [-0.1, -0.05) is 0 Å². The van der Waals surface area contributed by atoms with E-state index in [-0.39, 0.29) is 22.9 Å². The Labute approximate surface area is 172 Å². The lowest BCUT2D eigenvalue weighted by atomic mass is 9.77. The number of nitrogens with zero attached hydrogens (tertiary/aromatic N) is 3. The highest BCUT2D eigenvalue weighted by molar-refractivity contribution is 5.58. The van der Waals surface area contributed by atoms with Gasteiger partial charge in [-0.05, 0) is 78.3 Å². The maximum atomic E-state index is 14.4. The molecule has 0 unspecified atom stereocenters. The second-order valence-corrected chi connectivity index (χ2v) is 9.13. The van der Waals surface area contributed by atoms with Crippen LogP contribution >= 0.6 is 0 Å². The van der Waals surface area contributed by atoms with Crippen molar-refractivity contribution in [1.29, 1.82) is 0 Å². The number of hydrogen-bond acceptors (Lipinski definition) is 6. The normalized spacial score (nSPS) is 19.0. The maximum Gasteiger partial charge on any atom is 0.229 e. The predicted octanol–water partition coefficient (Wildman–Crippen LogP) is 4.74. The summed E-state index contributed by atoms with van der Waals surface area (Å²) in [6, 6.07) is 5.83. The molecule has 1 fully saturated rings. The molecule has 0 spiro atoms. The van der Waals surface area contributed by atoms with Crippen LogP contribution in [0.5, 0.6) is 5.75 Å². The molecule has 0 amide bonds. The van der Waals surface area contributed by atoms with E-state index in [1.807, 2.05) is 25.1 Å². The second kappa shape index (κ2) is 7.78. The number of hydrogen-bond donors (Lipinski definition) is 2. The Kier molecular flexibility index (Phi) is 5.72. The highest BCUT2D eigenvalue weighted by Gasteiger charge is 2.43. The van der Waals surface area contributed by atoms with Crippen LogP contribution in [0, 0.1) is 12.7 Å². The summed E-state index contributed by atoms with van der Waals surface area (Å²) in [5.74, 6) is 0.945. The summed E-state index contributed by atoms with van der Waals surface area (Å²) in [6.07, 6.45) is 3.01. The SMILES string of the molecule is COc1ccc(Nc2ncc(F)c(NC3CC(C)(C)N(C)C(C)(C)C3)n2)cc1C. The van der Waals surface area contributed by atoms with Gasteiger partial charge in [0.1, 0.15) is 5.75 Å². The van der Waals surface area contributed by atoms with E-state index in [2.05, 4.69) is 60.2 Å². The van der Waals surface area contributed by atoms with Crippen LogP contribution in [0.1, 0.15) is 46.1 Å². The number of halogens is 1. The van der Waals surface area contributed by atoms with E-state index in [1.165, 1.54) is 6.20 Å². The number of nitrogens with one attached hydrogen (secondary N) is 2. The van der Waals surface area contributed by atoms with Crippen molar-refractivity contribution in [2.24, 2.45) is 0 Å². The minimum Gasteiger partial charge on any atom is -0.496 e. The van der Waals surface area contributed by atoms with Crippen LogP contribution in [0.25, 0.3) is 0 Å². The second-order valence-electron chi connectivity index (χ2n) is 9.13. The summed E-state index contributed by atoms with van der Waals surface area (Å²) >= 11 is 0. The van der Waals surface area contributed by atoms with Gasteiger partial charge in [0.05, 0.1) is 13.3 Å². The Balaban J connectivity index is 1.78. The third kappa shape index (κ3) is 4.61. The van der Waals surface area contributed by atoms with Gasteiger partial charge in [-0.2, -0.15) is 4.98 Å². The Morgan fingerprint density at radius 2 is 1.83 bits per heavy atom. The van der Waals surface area contributed by atoms with E-state index >= 15 is 0 Å². The minimum atomic E-state index is -0.448. The van der Waals surface area contributed by atoms with Gasteiger partial charge < -0.3 is 15.4 Å².